The van der Waals surface area contributed by atoms with Gasteiger partial charge in [-0.05, 0) is 41.5 Å². The van der Waals surface area contributed by atoms with Crippen LogP contribution in [-0.4, -0.2) is 41.7 Å². The SMILES string of the molecule is CN(C)c1ccc(C(CNC(=O)CCc2nc(-c3ccco3)no2)c2c[nH]c3ccccc23)cc1. The Morgan fingerprint density at radius 3 is 2.69 bits per heavy atom. The maximum Gasteiger partial charge on any atom is 0.238 e. The van der Waals surface area contributed by atoms with Crippen molar-refractivity contribution in [1.29, 1.82) is 0 Å². The van der Waals surface area contributed by atoms with Gasteiger partial charge in [0.2, 0.25) is 17.6 Å². The number of H-pyrrole nitrogens is 1. The smallest absolute Gasteiger partial charge is 0.238 e. The number of furan rings is 1. The van der Waals surface area contributed by atoms with Crippen LogP contribution >= 0.6 is 0 Å². The predicted molar refractivity (Wildman–Crippen MR) is 134 cm³/mol. The van der Waals surface area contributed by atoms with Crippen molar-refractivity contribution in [3.05, 3.63) is 90.1 Å². The molecule has 0 bridgehead atoms. The second-order valence-electron chi connectivity index (χ2n) is 8.62. The molecule has 35 heavy (non-hydrogen) atoms. The quantitative estimate of drug-likeness (QED) is 0.323. The van der Waals surface area contributed by atoms with Crippen LogP contribution < -0.4 is 10.2 Å². The number of fused-ring (bicyclic) bond motifs is 1. The van der Waals surface area contributed by atoms with Gasteiger partial charge in [0.15, 0.2) is 5.76 Å². The minimum atomic E-state index is -0.0718. The number of nitrogens with zero attached hydrogens (tertiary/aromatic N) is 3. The first-order chi connectivity index (χ1) is 17.1. The molecule has 0 fully saturated rings. The Bertz CT molecular complexity index is 1400. The van der Waals surface area contributed by atoms with Crippen LogP contribution in [-0.2, 0) is 11.2 Å². The molecule has 5 aromatic rings. The van der Waals surface area contributed by atoms with Crippen LogP contribution in [0, 0.1) is 0 Å². The average Bonchev–Trinajstić information content (AvgIpc) is 3.64. The van der Waals surface area contributed by atoms with E-state index in [0.717, 1.165) is 27.7 Å². The summed E-state index contributed by atoms with van der Waals surface area (Å²) in [4.78, 5) is 22.5. The van der Waals surface area contributed by atoms with E-state index in [1.807, 2.05) is 32.4 Å². The van der Waals surface area contributed by atoms with Gasteiger partial charge < -0.3 is 24.1 Å². The van der Waals surface area contributed by atoms with E-state index in [2.05, 4.69) is 61.7 Å². The lowest BCUT2D eigenvalue weighted by Crippen LogP contribution is -2.29. The molecule has 8 nitrogen and oxygen atoms in total. The Hall–Kier alpha value is -4.33. The number of para-hydroxylation sites is 1. The van der Waals surface area contributed by atoms with Crippen LogP contribution in [0.2, 0.25) is 0 Å². The molecule has 3 heterocycles. The molecule has 178 valence electrons. The van der Waals surface area contributed by atoms with E-state index in [1.54, 1.807) is 18.4 Å². The molecule has 0 spiro atoms. The number of amides is 1. The zero-order chi connectivity index (χ0) is 24.2. The fourth-order valence-corrected chi connectivity index (χ4v) is 4.18. The van der Waals surface area contributed by atoms with Crippen LogP contribution in [0.15, 0.2) is 82.1 Å². The van der Waals surface area contributed by atoms with Crippen molar-refractivity contribution < 1.29 is 13.7 Å². The minimum absolute atomic E-state index is 0.000252. The van der Waals surface area contributed by atoms with Gasteiger partial charge in [0, 0.05) is 62.2 Å². The summed E-state index contributed by atoms with van der Waals surface area (Å²) in [7, 11) is 4.04. The lowest BCUT2D eigenvalue weighted by molar-refractivity contribution is -0.121. The molecule has 0 saturated carbocycles. The standard InChI is InChI=1S/C27H27N5O3/c1-32(2)19-11-9-18(10-12-19)21(22-17-28-23-7-4-3-6-20(22)23)16-29-25(33)13-14-26-30-27(31-35-26)24-8-5-15-34-24/h3-12,15,17,21,28H,13-14,16H2,1-2H3,(H,29,33). The zero-order valence-corrected chi connectivity index (χ0v) is 19.7. The van der Waals surface area contributed by atoms with Crippen molar-refractivity contribution in [2.75, 3.05) is 25.5 Å². The Kier molecular flexibility index (Phi) is 6.34. The molecule has 0 aliphatic rings. The normalized spacial score (nSPS) is 12.1. The Morgan fingerprint density at radius 1 is 1.09 bits per heavy atom. The van der Waals surface area contributed by atoms with Gasteiger partial charge in [0.1, 0.15) is 0 Å². The van der Waals surface area contributed by atoms with Crippen molar-refractivity contribution in [2.24, 2.45) is 0 Å². The molecular formula is C27H27N5O3. The van der Waals surface area contributed by atoms with Crippen LogP contribution in [0.5, 0.6) is 0 Å². The van der Waals surface area contributed by atoms with Gasteiger partial charge in [-0.15, -0.1) is 0 Å². The summed E-state index contributed by atoms with van der Waals surface area (Å²) in [5.41, 5.74) is 4.50. The number of aromatic nitrogens is 3. The van der Waals surface area contributed by atoms with Crippen molar-refractivity contribution in [1.82, 2.24) is 20.4 Å². The van der Waals surface area contributed by atoms with Gasteiger partial charge in [-0.1, -0.05) is 35.5 Å². The van der Waals surface area contributed by atoms with Crippen molar-refractivity contribution in [3.63, 3.8) is 0 Å². The van der Waals surface area contributed by atoms with Gasteiger partial charge >= 0.3 is 0 Å². The molecule has 1 unspecified atom stereocenters. The summed E-state index contributed by atoms with van der Waals surface area (Å²) in [5, 5.41) is 8.17. The average molecular weight is 470 g/mol. The molecule has 2 aromatic carbocycles. The second kappa shape index (κ2) is 9.89. The highest BCUT2D eigenvalue weighted by atomic mass is 16.5. The summed E-state index contributed by atoms with van der Waals surface area (Å²) < 4.78 is 10.5. The topological polar surface area (TPSA) is 100 Å². The number of nitrogens with one attached hydrogen (secondary N) is 2. The van der Waals surface area contributed by atoms with Gasteiger partial charge in [0.25, 0.3) is 0 Å². The van der Waals surface area contributed by atoms with Crippen LogP contribution in [0.4, 0.5) is 5.69 Å². The molecule has 1 atom stereocenters. The Labute approximate surface area is 202 Å². The van der Waals surface area contributed by atoms with E-state index in [0.29, 0.717) is 30.4 Å². The van der Waals surface area contributed by atoms with Gasteiger partial charge in [0.05, 0.1) is 6.26 Å². The molecule has 0 saturated heterocycles. The Balaban J connectivity index is 1.29. The first-order valence-electron chi connectivity index (χ1n) is 11.5. The highest BCUT2D eigenvalue weighted by Gasteiger charge is 2.20. The number of anilines is 1. The highest BCUT2D eigenvalue weighted by Crippen LogP contribution is 2.31. The maximum absolute atomic E-state index is 12.7. The van der Waals surface area contributed by atoms with Crippen LogP contribution in [0.3, 0.4) is 0 Å². The first-order valence-corrected chi connectivity index (χ1v) is 11.5. The highest BCUT2D eigenvalue weighted by molar-refractivity contribution is 5.84. The molecule has 0 aliphatic carbocycles. The predicted octanol–water partition coefficient (Wildman–Crippen LogP) is 4.76. The van der Waals surface area contributed by atoms with E-state index in [1.165, 1.54) is 0 Å². The molecule has 0 aliphatic heterocycles. The fraction of sp³-hybridized carbons (Fsp3) is 0.222. The first kappa shape index (κ1) is 22.5. The molecule has 1 amide bonds. The van der Waals surface area contributed by atoms with Gasteiger partial charge in [-0.2, -0.15) is 4.98 Å². The molecule has 2 N–H and O–H groups in total. The number of benzene rings is 2. The monoisotopic (exact) mass is 469 g/mol. The maximum atomic E-state index is 12.7. The third kappa shape index (κ3) is 4.96. The third-order valence-electron chi connectivity index (χ3n) is 6.09. The summed E-state index contributed by atoms with van der Waals surface area (Å²) in [5.74, 6) is 1.24. The van der Waals surface area contributed by atoms with E-state index in [4.69, 9.17) is 8.94 Å². The summed E-state index contributed by atoms with van der Waals surface area (Å²) >= 11 is 0. The lowest BCUT2D eigenvalue weighted by atomic mass is 9.90. The van der Waals surface area contributed by atoms with E-state index in [-0.39, 0.29) is 18.2 Å². The number of carbonyl (C=O) groups is 1. The fourth-order valence-electron chi connectivity index (χ4n) is 4.18. The zero-order valence-electron chi connectivity index (χ0n) is 19.7. The lowest BCUT2D eigenvalue weighted by Gasteiger charge is -2.20. The van der Waals surface area contributed by atoms with Gasteiger partial charge in [-0.25, -0.2) is 0 Å². The number of hydrogen-bond acceptors (Lipinski definition) is 6. The van der Waals surface area contributed by atoms with E-state index >= 15 is 0 Å². The number of aryl methyl sites for hydroxylation is 1. The van der Waals surface area contributed by atoms with Crippen molar-refractivity contribution in [3.8, 4) is 11.6 Å². The van der Waals surface area contributed by atoms with E-state index < -0.39 is 0 Å². The van der Waals surface area contributed by atoms with Crippen molar-refractivity contribution >= 4 is 22.5 Å². The molecular weight excluding hydrogens is 442 g/mol. The molecule has 3 aromatic heterocycles. The molecule has 5 rings (SSSR count). The largest absolute Gasteiger partial charge is 0.461 e. The number of carbonyl (C=O) groups excluding carboxylic acids is 1. The van der Waals surface area contributed by atoms with Crippen molar-refractivity contribution in [2.45, 2.75) is 18.8 Å². The Morgan fingerprint density at radius 2 is 1.91 bits per heavy atom. The van der Waals surface area contributed by atoms with Crippen LogP contribution in [0.25, 0.3) is 22.5 Å². The summed E-state index contributed by atoms with van der Waals surface area (Å²) in [6.45, 7) is 0.476. The number of rotatable bonds is 9. The summed E-state index contributed by atoms with van der Waals surface area (Å²) in [6, 6.07) is 20.2. The number of hydrogen-bond donors (Lipinski definition) is 2. The van der Waals surface area contributed by atoms with Crippen LogP contribution in [0.1, 0.15) is 29.4 Å². The van der Waals surface area contributed by atoms with E-state index in [9.17, 15) is 4.79 Å². The van der Waals surface area contributed by atoms with Gasteiger partial charge in [-0.3, -0.25) is 4.79 Å². The molecule has 0 radical (unpaired) electrons. The third-order valence-corrected chi connectivity index (χ3v) is 6.09. The second-order valence-corrected chi connectivity index (χ2v) is 8.62. The molecule has 8 heteroatoms. The number of aromatic amines is 1. The minimum Gasteiger partial charge on any atom is -0.461 e. The summed E-state index contributed by atoms with van der Waals surface area (Å²) in [6.07, 6.45) is 4.20.